The molecule has 0 radical (unpaired) electrons. The van der Waals surface area contributed by atoms with Gasteiger partial charge in [-0.15, -0.1) is 0 Å². The molecule has 0 aromatic heterocycles. The van der Waals surface area contributed by atoms with Crippen LogP contribution in [0.3, 0.4) is 0 Å². The fourth-order valence-electron chi connectivity index (χ4n) is 8.28. The van der Waals surface area contributed by atoms with Gasteiger partial charge in [-0.3, -0.25) is 4.79 Å². The minimum atomic E-state index is -1.54. The highest BCUT2D eigenvalue weighted by Gasteiger charge is 2.44. The van der Waals surface area contributed by atoms with Crippen molar-refractivity contribution >= 4 is 5.97 Å². The third-order valence-corrected chi connectivity index (χ3v) is 12.6. The first kappa shape index (κ1) is 63.6. The summed E-state index contributed by atoms with van der Waals surface area (Å²) >= 11 is 0. The van der Waals surface area contributed by atoms with Gasteiger partial charge in [-0.25, -0.2) is 0 Å². The molecule has 4 N–H and O–H groups in total. The fourth-order valence-corrected chi connectivity index (χ4v) is 8.28. The molecule has 68 heavy (non-hydrogen) atoms. The summed E-state index contributed by atoms with van der Waals surface area (Å²) in [5.74, 6) is -0.325. The Balaban J connectivity index is 2.19. The molecule has 1 fully saturated rings. The van der Waals surface area contributed by atoms with Crippen LogP contribution >= 0.6 is 0 Å². The smallest absolute Gasteiger partial charge is 0.306 e. The van der Waals surface area contributed by atoms with E-state index in [2.05, 4.69) is 86.8 Å². The van der Waals surface area contributed by atoms with Crippen LogP contribution in [-0.2, 0) is 23.7 Å². The van der Waals surface area contributed by atoms with Gasteiger partial charge in [-0.05, 0) is 83.5 Å². The molecule has 1 heterocycles. The molecule has 1 saturated heterocycles. The molecular formula is C59H104O9. The molecule has 0 amide bonds. The van der Waals surface area contributed by atoms with Crippen LogP contribution < -0.4 is 0 Å². The quantitative estimate of drug-likeness (QED) is 0.0267. The van der Waals surface area contributed by atoms with Crippen molar-refractivity contribution in [2.24, 2.45) is 0 Å². The molecule has 6 unspecified atom stereocenters. The molecule has 1 rings (SSSR count). The second kappa shape index (κ2) is 49.6. The zero-order chi connectivity index (χ0) is 49.2. The normalized spacial score (nSPS) is 19.6. The molecule has 0 aromatic rings. The van der Waals surface area contributed by atoms with Crippen LogP contribution in [0.1, 0.15) is 232 Å². The van der Waals surface area contributed by atoms with Gasteiger partial charge in [0.1, 0.15) is 30.5 Å². The second-order valence-electron chi connectivity index (χ2n) is 19.0. The topological polar surface area (TPSA) is 135 Å². The first-order chi connectivity index (χ1) is 33.4. The number of unbranched alkanes of at least 4 members (excludes halogenated alkanes) is 25. The number of esters is 1. The largest absolute Gasteiger partial charge is 0.457 e. The van der Waals surface area contributed by atoms with Crippen LogP contribution in [0.5, 0.6) is 0 Å². The number of hydrogen-bond acceptors (Lipinski definition) is 9. The Morgan fingerprint density at radius 3 is 1.37 bits per heavy atom. The highest BCUT2D eigenvalue weighted by atomic mass is 16.7. The summed E-state index contributed by atoms with van der Waals surface area (Å²) < 4.78 is 22.9. The first-order valence-electron chi connectivity index (χ1n) is 28.0. The molecule has 1 aliphatic rings. The first-order valence-corrected chi connectivity index (χ1v) is 28.0. The summed E-state index contributed by atoms with van der Waals surface area (Å²) in [7, 11) is 0. The van der Waals surface area contributed by atoms with E-state index in [1.54, 1.807) is 0 Å². The van der Waals surface area contributed by atoms with Gasteiger partial charge in [0.2, 0.25) is 0 Å². The maximum Gasteiger partial charge on any atom is 0.306 e. The Hall–Kier alpha value is -2.37. The average molecular weight is 957 g/mol. The minimum absolute atomic E-state index is 0.121. The second-order valence-corrected chi connectivity index (χ2v) is 19.0. The SMILES string of the molecule is CC/C=C\C/C=C\C/C=C\C/C=C\C/C=C\CCCCCCCCCC(=O)OC(COCCCCCCCCCCCC/C=C\CCCCCCCCCC)COC1OC(CO)C(O)C(O)C1O. The number of hydrogen-bond donors (Lipinski definition) is 4. The van der Waals surface area contributed by atoms with Gasteiger partial charge in [-0.2, -0.15) is 0 Å². The zero-order valence-corrected chi connectivity index (χ0v) is 43.6. The Bertz CT molecular complexity index is 1270. The minimum Gasteiger partial charge on any atom is -0.457 e. The van der Waals surface area contributed by atoms with Crippen molar-refractivity contribution < 1.29 is 44.2 Å². The highest BCUT2D eigenvalue weighted by Crippen LogP contribution is 2.23. The number of rotatable bonds is 48. The highest BCUT2D eigenvalue weighted by molar-refractivity contribution is 5.69. The molecule has 9 heteroatoms. The van der Waals surface area contributed by atoms with E-state index < -0.39 is 43.4 Å². The molecule has 0 spiro atoms. The van der Waals surface area contributed by atoms with E-state index in [-0.39, 0.29) is 19.2 Å². The van der Waals surface area contributed by atoms with Crippen molar-refractivity contribution in [1.82, 2.24) is 0 Å². The predicted octanol–water partition coefficient (Wildman–Crippen LogP) is 14.4. The van der Waals surface area contributed by atoms with E-state index in [9.17, 15) is 25.2 Å². The lowest BCUT2D eigenvalue weighted by atomic mass is 9.99. The predicted molar refractivity (Wildman–Crippen MR) is 284 cm³/mol. The van der Waals surface area contributed by atoms with Crippen LogP contribution in [-0.4, -0.2) is 89.6 Å². The average Bonchev–Trinajstić information content (AvgIpc) is 3.34. The van der Waals surface area contributed by atoms with Crippen molar-refractivity contribution in [2.75, 3.05) is 26.4 Å². The number of allylic oxidation sites excluding steroid dienone is 12. The lowest BCUT2D eigenvalue weighted by Gasteiger charge is -2.39. The summed E-state index contributed by atoms with van der Waals surface area (Å²) in [5, 5.41) is 40.3. The lowest BCUT2D eigenvalue weighted by Crippen LogP contribution is -2.59. The maximum atomic E-state index is 12.9. The molecule has 0 aromatic carbocycles. The van der Waals surface area contributed by atoms with Crippen LogP contribution in [0.15, 0.2) is 72.9 Å². The van der Waals surface area contributed by atoms with E-state index in [4.69, 9.17) is 18.9 Å². The maximum absolute atomic E-state index is 12.9. The van der Waals surface area contributed by atoms with Crippen molar-refractivity contribution in [3.63, 3.8) is 0 Å². The van der Waals surface area contributed by atoms with E-state index in [0.29, 0.717) is 13.0 Å². The van der Waals surface area contributed by atoms with E-state index >= 15 is 0 Å². The van der Waals surface area contributed by atoms with Gasteiger partial charge < -0.3 is 39.4 Å². The van der Waals surface area contributed by atoms with Gasteiger partial charge in [0.05, 0.1) is 19.8 Å². The van der Waals surface area contributed by atoms with Gasteiger partial charge >= 0.3 is 5.97 Å². The number of aliphatic hydroxyl groups excluding tert-OH is 4. The summed E-state index contributed by atoms with van der Waals surface area (Å²) in [6, 6.07) is 0. The standard InChI is InChI=1S/C59H104O9/c1-3-5-7-9-11-13-15-17-19-21-23-25-27-28-30-32-34-36-38-40-42-44-46-48-55(61)67-53(52-66-59-58(64)57(63)56(62)54(50-60)68-59)51-65-49-47-45-43-41-39-37-35-33-31-29-26-24-22-20-18-16-14-12-10-8-6-4-2/h5,7,11,13,17,19,22-25,28,30,53-54,56-60,62-64H,3-4,6,8-10,12,14-16,18,20-21,26-27,29,31-52H2,1-2H3/b7-5-,13-11-,19-17-,24-22-,25-23-,30-28-. The number of carbonyl (C=O) groups is 1. The molecule has 6 atom stereocenters. The van der Waals surface area contributed by atoms with Crippen molar-refractivity contribution in [3.8, 4) is 0 Å². The van der Waals surface area contributed by atoms with E-state index in [1.807, 2.05) is 0 Å². The van der Waals surface area contributed by atoms with Crippen molar-refractivity contribution in [1.29, 1.82) is 0 Å². The van der Waals surface area contributed by atoms with E-state index in [0.717, 1.165) is 77.0 Å². The molecule has 9 nitrogen and oxygen atoms in total. The van der Waals surface area contributed by atoms with Crippen molar-refractivity contribution in [2.45, 2.75) is 269 Å². The Labute approximate surface area is 417 Å². The lowest BCUT2D eigenvalue weighted by molar-refractivity contribution is -0.305. The summed E-state index contributed by atoms with van der Waals surface area (Å²) in [6.07, 6.45) is 59.4. The fraction of sp³-hybridized carbons (Fsp3) is 0.780. The Kier molecular flexibility index (Phi) is 46.4. The van der Waals surface area contributed by atoms with Gasteiger partial charge in [0, 0.05) is 13.0 Å². The molecular weight excluding hydrogens is 853 g/mol. The summed E-state index contributed by atoms with van der Waals surface area (Å²) in [4.78, 5) is 12.9. The van der Waals surface area contributed by atoms with Gasteiger partial charge in [-0.1, -0.05) is 215 Å². The molecule has 0 bridgehead atoms. The van der Waals surface area contributed by atoms with Crippen LogP contribution in [0, 0.1) is 0 Å². The monoisotopic (exact) mass is 957 g/mol. The Morgan fingerprint density at radius 1 is 0.485 bits per heavy atom. The molecule has 0 saturated carbocycles. The van der Waals surface area contributed by atoms with Gasteiger partial charge in [0.25, 0.3) is 0 Å². The Morgan fingerprint density at radius 2 is 0.897 bits per heavy atom. The molecule has 1 aliphatic heterocycles. The van der Waals surface area contributed by atoms with Crippen LogP contribution in [0.25, 0.3) is 0 Å². The number of ether oxygens (including phenoxy) is 4. The van der Waals surface area contributed by atoms with E-state index in [1.165, 1.54) is 135 Å². The van der Waals surface area contributed by atoms with Crippen molar-refractivity contribution in [3.05, 3.63) is 72.9 Å². The zero-order valence-electron chi connectivity index (χ0n) is 43.6. The van der Waals surface area contributed by atoms with Crippen LogP contribution in [0.2, 0.25) is 0 Å². The third kappa shape index (κ3) is 39.4. The number of aliphatic hydroxyl groups is 4. The third-order valence-electron chi connectivity index (χ3n) is 12.6. The van der Waals surface area contributed by atoms with Gasteiger partial charge in [0.15, 0.2) is 6.29 Å². The molecule has 0 aliphatic carbocycles. The molecule has 394 valence electrons. The summed E-state index contributed by atoms with van der Waals surface area (Å²) in [6.45, 7) is 4.45. The summed E-state index contributed by atoms with van der Waals surface area (Å²) in [5.41, 5.74) is 0. The number of carbonyl (C=O) groups excluding carboxylic acids is 1. The van der Waals surface area contributed by atoms with Crippen LogP contribution in [0.4, 0.5) is 0 Å².